The maximum Gasteiger partial charge on any atom is 0.337 e. The second kappa shape index (κ2) is 9.67. The number of esters is 1. The van der Waals surface area contributed by atoms with Crippen LogP contribution < -0.4 is 0 Å². The Labute approximate surface area is 177 Å². The third kappa shape index (κ3) is 4.89. The van der Waals surface area contributed by atoms with E-state index in [2.05, 4.69) is 19.1 Å². The highest BCUT2D eigenvalue weighted by Crippen LogP contribution is 2.49. The maximum absolute atomic E-state index is 11.8. The molecule has 0 N–H and O–H groups in total. The van der Waals surface area contributed by atoms with E-state index >= 15 is 0 Å². The van der Waals surface area contributed by atoms with Crippen LogP contribution in [0.1, 0.15) is 99.0 Å². The number of rotatable bonds is 6. The summed E-state index contributed by atoms with van der Waals surface area (Å²) in [6.07, 6.45) is 18.4. The lowest BCUT2D eigenvalue weighted by atomic mass is 9.61. The lowest BCUT2D eigenvalue weighted by molar-refractivity contribution is 0.0600. The fourth-order valence-electron chi connectivity index (χ4n) is 6.83. The number of hydrogen-bond donors (Lipinski definition) is 0. The smallest absolute Gasteiger partial charge is 0.337 e. The number of methoxy groups -OCH3 is 1. The Hall–Kier alpha value is -1.31. The number of carbonyl (C=O) groups excluding carboxylic acids is 1. The molecule has 0 amide bonds. The van der Waals surface area contributed by atoms with Crippen molar-refractivity contribution in [2.45, 2.75) is 90.4 Å². The van der Waals surface area contributed by atoms with E-state index in [9.17, 15) is 4.79 Å². The van der Waals surface area contributed by atoms with E-state index in [0.29, 0.717) is 5.56 Å². The van der Waals surface area contributed by atoms with Gasteiger partial charge in [-0.25, -0.2) is 4.79 Å². The molecule has 3 aliphatic rings. The Morgan fingerprint density at radius 3 is 2.48 bits per heavy atom. The van der Waals surface area contributed by atoms with E-state index < -0.39 is 0 Å². The minimum atomic E-state index is -0.210. The first kappa shape index (κ1) is 20.9. The third-order valence-electron chi connectivity index (χ3n) is 8.54. The summed E-state index contributed by atoms with van der Waals surface area (Å²) in [7, 11) is 1.47. The molecule has 2 nitrogen and oxygen atoms in total. The zero-order chi connectivity index (χ0) is 20.2. The monoisotopic (exact) mass is 396 g/mol. The van der Waals surface area contributed by atoms with Crippen molar-refractivity contribution in [1.82, 2.24) is 0 Å². The number of benzene rings is 1. The molecule has 4 rings (SSSR count). The first-order valence-electron chi connectivity index (χ1n) is 12.4. The summed E-state index contributed by atoms with van der Waals surface area (Å²) in [6, 6.07) is 6.23. The van der Waals surface area contributed by atoms with Gasteiger partial charge in [0.25, 0.3) is 0 Å². The highest BCUT2D eigenvalue weighted by atomic mass is 16.5. The van der Waals surface area contributed by atoms with Gasteiger partial charge in [-0.3, -0.25) is 0 Å². The van der Waals surface area contributed by atoms with Gasteiger partial charge in [-0.1, -0.05) is 45.1 Å². The van der Waals surface area contributed by atoms with Gasteiger partial charge in [0.1, 0.15) is 0 Å². The molecule has 0 heterocycles. The predicted molar refractivity (Wildman–Crippen MR) is 119 cm³/mol. The van der Waals surface area contributed by atoms with Crippen LogP contribution in [0, 0.1) is 29.6 Å². The average molecular weight is 397 g/mol. The van der Waals surface area contributed by atoms with Crippen LogP contribution in [0.5, 0.6) is 0 Å². The first-order valence-corrected chi connectivity index (χ1v) is 12.4. The summed E-state index contributed by atoms with van der Waals surface area (Å²) in [5.74, 6) is 4.66. The molecule has 160 valence electrons. The van der Waals surface area contributed by atoms with Crippen LogP contribution in [0.3, 0.4) is 0 Å². The third-order valence-corrected chi connectivity index (χ3v) is 8.54. The minimum Gasteiger partial charge on any atom is -0.465 e. The summed E-state index contributed by atoms with van der Waals surface area (Å²) in [4.78, 5) is 11.8. The molecular weight excluding hydrogens is 356 g/mol. The molecule has 0 radical (unpaired) electrons. The van der Waals surface area contributed by atoms with E-state index in [1.807, 2.05) is 6.07 Å². The highest BCUT2D eigenvalue weighted by Gasteiger charge is 2.38. The van der Waals surface area contributed by atoms with Gasteiger partial charge in [0, 0.05) is 0 Å². The SMILES string of the molecule is CCCCCC1CCC2CC(C3CCc4cc(C(=O)OC)ccc4C3)CCC2C1. The van der Waals surface area contributed by atoms with Gasteiger partial charge < -0.3 is 4.74 Å². The van der Waals surface area contributed by atoms with Crippen LogP contribution in [-0.4, -0.2) is 13.1 Å². The van der Waals surface area contributed by atoms with Crippen LogP contribution in [0.25, 0.3) is 0 Å². The number of carbonyl (C=O) groups is 1. The number of hydrogen-bond acceptors (Lipinski definition) is 2. The average Bonchev–Trinajstić information content (AvgIpc) is 2.77. The van der Waals surface area contributed by atoms with Gasteiger partial charge in [-0.05, 0) is 104 Å². The van der Waals surface area contributed by atoms with Crippen LogP contribution in [0.4, 0.5) is 0 Å². The summed E-state index contributed by atoms with van der Waals surface area (Å²) < 4.78 is 4.89. The van der Waals surface area contributed by atoms with Crippen molar-refractivity contribution in [1.29, 1.82) is 0 Å². The Kier molecular flexibility index (Phi) is 6.98. The molecule has 5 atom stereocenters. The summed E-state index contributed by atoms with van der Waals surface area (Å²) in [5, 5.41) is 0. The second-order valence-corrected chi connectivity index (χ2v) is 10.2. The van der Waals surface area contributed by atoms with Crippen LogP contribution in [-0.2, 0) is 17.6 Å². The molecule has 2 fully saturated rings. The fourth-order valence-corrected chi connectivity index (χ4v) is 6.83. The van der Waals surface area contributed by atoms with Crippen molar-refractivity contribution in [2.75, 3.05) is 7.11 Å². The van der Waals surface area contributed by atoms with Crippen molar-refractivity contribution < 1.29 is 9.53 Å². The topological polar surface area (TPSA) is 26.3 Å². The number of unbranched alkanes of at least 4 members (excludes halogenated alkanes) is 2. The van der Waals surface area contributed by atoms with Gasteiger partial charge >= 0.3 is 5.97 Å². The minimum absolute atomic E-state index is 0.210. The van der Waals surface area contributed by atoms with Crippen LogP contribution in [0.2, 0.25) is 0 Å². The van der Waals surface area contributed by atoms with Crippen molar-refractivity contribution >= 4 is 5.97 Å². The van der Waals surface area contributed by atoms with Gasteiger partial charge in [0.15, 0.2) is 0 Å². The molecule has 2 saturated carbocycles. The fraction of sp³-hybridized carbons (Fsp3) is 0.741. The maximum atomic E-state index is 11.8. The number of fused-ring (bicyclic) bond motifs is 2. The van der Waals surface area contributed by atoms with Gasteiger partial charge in [-0.2, -0.15) is 0 Å². The van der Waals surface area contributed by atoms with E-state index in [-0.39, 0.29) is 5.97 Å². The quantitative estimate of drug-likeness (QED) is 0.382. The molecule has 0 bridgehead atoms. The molecule has 5 unspecified atom stereocenters. The van der Waals surface area contributed by atoms with Gasteiger partial charge in [0.2, 0.25) is 0 Å². The predicted octanol–water partition coefficient (Wildman–Crippen LogP) is 6.99. The number of aryl methyl sites for hydroxylation is 1. The van der Waals surface area contributed by atoms with E-state index in [0.717, 1.165) is 36.0 Å². The van der Waals surface area contributed by atoms with Gasteiger partial charge in [-0.15, -0.1) is 0 Å². The molecule has 0 spiro atoms. The molecule has 3 aliphatic carbocycles. The van der Waals surface area contributed by atoms with E-state index in [1.54, 1.807) is 0 Å². The van der Waals surface area contributed by atoms with Crippen molar-refractivity contribution in [3.8, 4) is 0 Å². The number of ether oxygens (including phenoxy) is 1. The van der Waals surface area contributed by atoms with Crippen LogP contribution >= 0.6 is 0 Å². The van der Waals surface area contributed by atoms with Crippen molar-refractivity contribution in [3.05, 3.63) is 34.9 Å². The normalized spacial score (nSPS) is 31.6. The van der Waals surface area contributed by atoms with Gasteiger partial charge in [0.05, 0.1) is 12.7 Å². The second-order valence-electron chi connectivity index (χ2n) is 10.2. The summed E-state index contributed by atoms with van der Waals surface area (Å²) in [5.41, 5.74) is 3.57. The Bertz CT molecular complexity index is 694. The largest absolute Gasteiger partial charge is 0.465 e. The lowest BCUT2D eigenvalue weighted by Crippen LogP contribution is -2.35. The standard InChI is InChI=1S/C27H40O2/c1-3-4-5-6-19-7-8-21-16-22(10-9-20(21)15-19)23-11-12-25-18-26(27(28)29-2)14-13-24(25)17-23/h13-14,18-23H,3-12,15-17H2,1-2H3. The zero-order valence-electron chi connectivity index (χ0n) is 18.6. The summed E-state index contributed by atoms with van der Waals surface area (Å²) in [6.45, 7) is 2.32. The molecule has 1 aromatic carbocycles. The Morgan fingerprint density at radius 2 is 1.69 bits per heavy atom. The lowest BCUT2D eigenvalue weighted by Gasteiger charge is -2.45. The highest BCUT2D eigenvalue weighted by molar-refractivity contribution is 5.89. The molecule has 0 saturated heterocycles. The molecular formula is C27H40O2. The Morgan fingerprint density at radius 1 is 0.931 bits per heavy atom. The zero-order valence-corrected chi connectivity index (χ0v) is 18.6. The van der Waals surface area contributed by atoms with Crippen molar-refractivity contribution in [2.24, 2.45) is 29.6 Å². The molecule has 29 heavy (non-hydrogen) atoms. The van der Waals surface area contributed by atoms with Crippen molar-refractivity contribution in [3.63, 3.8) is 0 Å². The molecule has 0 aliphatic heterocycles. The molecule has 1 aromatic rings. The molecule has 0 aromatic heterocycles. The van der Waals surface area contributed by atoms with E-state index in [1.165, 1.54) is 95.3 Å². The van der Waals surface area contributed by atoms with Crippen LogP contribution in [0.15, 0.2) is 18.2 Å². The summed E-state index contributed by atoms with van der Waals surface area (Å²) >= 11 is 0. The first-order chi connectivity index (χ1) is 14.2. The van der Waals surface area contributed by atoms with E-state index in [4.69, 9.17) is 4.74 Å². The molecule has 2 heteroatoms. The Balaban J connectivity index is 1.31.